The molecule has 0 aliphatic heterocycles. The molecule has 2 rings (SSSR count). The Balaban J connectivity index is 1.75. The van der Waals surface area contributed by atoms with Crippen LogP contribution >= 0.6 is 0 Å². The highest BCUT2D eigenvalue weighted by Crippen LogP contribution is 2.29. The van der Waals surface area contributed by atoms with Gasteiger partial charge in [-0.15, -0.1) is 0 Å². The second kappa shape index (κ2) is 4.73. The Hall–Kier alpha value is -0.930. The van der Waals surface area contributed by atoms with Crippen LogP contribution < -0.4 is 5.73 Å². The van der Waals surface area contributed by atoms with Crippen LogP contribution in [-0.2, 0) is 11.3 Å². The zero-order valence-corrected chi connectivity index (χ0v) is 9.15. The molecular formula is C12H18N2O. The van der Waals surface area contributed by atoms with Crippen molar-refractivity contribution in [2.75, 3.05) is 6.54 Å². The summed E-state index contributed by atoms with van der Waals surface area (Å²) in [6.07, 6.45) is 6.38. The normalized spacial score (nSPS) is 24.9. The first kappa shape index (κ1) is 10.6. The fourth-order valence-corrected chi connectivity index (χ4v) is 1.91. The van der Waals surface area contributed by atoms with E-state index in [1.54, 1.807) is 0 Å². The minimum Gasteiger partial charge on any atom is -0.373 e. The molecule has 1 aromatic rings. The summed E-state index contributed by atoms with van der Waals surface area (Å²) in [6, 6.07) is 2.12. The first-order valence-corrected chi connectivity index (χ1v) is 5.50. The van der Waals surface area contributed by atoms with Crippen molar-refractivity contribution in [1.82, 2.24) is 4.98 Å². The molecule has 0 spiro atoms. The summed E-state index contributed by atoms with van der Waals surface area (Å²) in [5.74, 6) is 0.686. The minimum absolute atomic E-state index is 0.416. The highest BCUT2D eigenvalue weighted by Gasteiger charge is 2.28. The van der Waals surface area contributed by atoms with E-state index in [2.05, 4.69) is 11.1 Å². The summed E-state index contributed by atoms with van der Waals surface area (Å²) in [4.78, 5) is 4.14. The smallest absolute Gasteiger partial charge is 0.0735 e. The molecule has 1 fully saturated rings. The quantitative estimate of drug-likeness (QED) is 0.814. The fourth-order valence-electron chi connectivity index (χ4n) is 1.91. The Morgan fingerprint density at radius 1 is 1.47 bits per heavy atom. The molecule has 0 aromatic carbocycles. The van der Waals surface area contributed by atoms with Crippen LogP contribution in [0.2, 0.25) is 0 Å². The molecule has 1 saturated carbocycles. The number of nitrogens with zero attached hydrogens (tertiary/aromatic N) is 1. The zero-order chi connectivity index (χ0) is 10.7. The van der Waals surface area contributed by atoms with Crippen LogP contribution in [0.25, 0.3) is 0 Å². The van der Waals surface area contributed by atoms with Crippen LogP contribution in [-0.4, -0.2) is 17.6 Å². The number of aromatic nitrogens is 1. The van der Waals surface area contributed by atoms with Gasteiger partial charge in [-0.3, -0.25) is 4.98 Å². The molecule has 2 N–H and O–H groups in total. The summed E-state index contributed by atoms with van der Waals surface area (Å²) in [5, 5.41) is 0. The number of pyridine rings is 1. The third-order valence-electron chi connectivity index (χ3n) is 2.94. The van der Waals surface area contributed by atoms with Gasteiger partial charge in [0.1, 0.15) is 0 Å². The molecule has 0 radical (unpaired) electrons. The predicted molar refractivity (Wildman–Crippen MR) is 59.3 cm³/mol. The van der Waals surface area contributed by atoms with Crippen LogP contribution in [0.3, 0.4) is 0 Å². The van der Waals surface area contributed by atoms with E-state index in [-0.39, 0.29) is 0 Å². The lowest BCUT2D eigenvalue weighted by atomic mass is 9.82. The second-order valence-corrected chi connectivity index (χ2v) is 4.38. The molecule has 0 unspecified atom stereocenters. The van der Waals surface area contributed by atoms with Gasteiger partial charge in [0.2, 0.25) is 0 Å². The van der Waals surface area contributed by atoms with Crippen LogP contribution in [0, 0.1) is 12.8 Å². The van der Waals surface area contributed by atoms with E-state index in [4.69, 9.17) is 10.5 Å². The number of hydrogen-bond donors (Lipinski definition) is 1. The first-order chi connectivity index (χ1) is 7.28. The van der Waals surface area contributed by atoms with Crippen LogP contribution in [0.5, 0.6) is 0 Å². The molecular weight excluding hydrogens is 188 g/mol. The van der Waals surface area contributed by atoms with E-state index in [0.29, 0.717) is 18.6 Å². The van der Waals surface area contributed by atoms with Crippen LogP contribution in [0.4, 0.5) is 0 Å². The molecule has 15 heavy (non-hydrogen) atoms. The van der Waals surface area contributed by atoms with E-state index in [9.17, 15) is 0 Å². The highest BCUT2D eigenvalue weighted by molar-refractivity contribution is 5.15. The molecule has 0 bridgehead atoms. The van der Waals surface area contributed by atoms with Gasteiger partial charge in [-0.2, -0.15) is 0 Å². The number of rotatable bonds is 4. The van der Waals surface area contributed by atoms with E-state index >= 15 is 0 Å². The highest BCUT2D eigenvalue weighted by atomic mass is 16.5. The summed E-state index contributed by atoms with van der Waals surface area (Å²) in [6.45, 7) is 3.52. The van der Waals surface area contributed by atoms with E-state index in [0.717, 1.165) is 24.9 Å². The van der Waals surface area contributed by atoms with Crippen molar-refractivity contribution in [3.8, 4) is 0 Å². The van der Waals surface area contributed by atoms with Gasteiger partial charge in [-0.05, 0) is 43.4 Å². The van der Waals surface area contributed by atoms with Gasteiger partial charge in [0.15, 0.2) is 0 Å². The largest absolute Gasteiger partial charge is 0.373 e. The predicted octanol–water partition coefficient (Wildman–Crippen LogP) is 1.64. The van der Waals surface area contributed by atoms with Crippen molar-refractivity contribution < 1.29 is 4.74 Å². The third kappa shape index (κ3) is 2.76. The fraction of sp³-hybridized carbons (Fsp3) is 0.583. The van der Waals surface area contributed by atoms with Crippen molar-refractivity contribution in [3.63, 3.8) is 0 Å². The van der Waals surface area contributed by atoms with Gasteiger partial charge in [0.05, 0.1) is 12.7 Å². The maximum absolute atomic E-state index is 5.76. The maximum Gasteiger partial charge on any atom is 0.0735 e. The van der Waals surface area contributed by atoms with Gasteiger partial charge >= 0.3 is 0 Å². The lowest BCUT2D eigenvalue weighted by Gasteiger charge is -2.34. The summed E-state index contributed by atoms with van der Waals surface area (Å²) in [5.41, 5.74) is 7.90. The molecule has 1 aliphatic carbocycles. The Bertz CT molecular complexity index is 321. The standard InChI is InChI=1S/C12H18N2O/c1-9-2-11(7-14-6-9)8-15-12-3-10(4-12)5-13/h2,6-7,10,12H,3-5,8,13H2,1H3. The summed E-state index contributed by atoms with van der Waals surface area (Å²) >= 11 is 0. The maximum atomic E-state index is 5.76. The molecule has 1 heterocycles. The van der Waals surface area contributed by atoms with Gasteiger partial charge in [-0.1, -0.05) is 6.07 Å². The van der Waals surface area contributed by atoms with Crippen LogP contribution in [0.15, 0.2) is 18.5 Å². The second-order valence-electron chi connectivity index (χ2n) is 4.38. The lowest BCUT2D eigenvalue weighted by molar-refractivity contribution is -0.0376. The Morgan fingerprint density at radius 3 is 2.93 bits per heavy atom. The summed E-state index contributed by atoms with van der Waals surface area (Å²) < 4.78 is 5.76. The van der Waals surface area contributed by atoms with Gasteiger partial charge in [0, 0.05) is 12.4 Å². The molecule has 1 aliphatic rings. The molecule has 0 atom stereocenters. The van der Waals surface area contributed by atoms with Crippen molar-refractivity contribution in [2.45, 2.75) is 32.5 Å². The number of aryl methyl sites for hydroxylation is 1. The number of nitrogens with two attached hydrogens (primary N) is 1. The van der Waals surface area contributed by atoms with E-state index in [1.807, 2.05) is 19.3 Å². The molecule has 3 heteroatoms. The summed E-state index contributed by atoms with van der Waals surface area (Å²) in [7, 11) is 0. The molecule has 82 valence electrons. The van der Waals surface area contributed by atoms with Crippen molar-refractivity contribution in [1.29, 1.82) is 0 Å². The third-order valence-corrected chi connectivity index (χ3v) is 2.94. The Labute approximate surface area is 90.7 Å². The van der Waals surface area contributed by atoms with Gasteiger partial charge < -0.3 is 10.5 Å². The molecule has 3 nitrogen and oxygen atoms in total. The first-order valence-electron chi connectivity index (χ1n) is 5.50. The Morgan fingerprint density at radius 2 is 2.27 bits per heavy atom. The van der Waals surface area contributed by atoms with E-state index in [1.165, 1.54) is 5.56 Å². The number of hydrogen-bond acceptors (Lipinski definition) is 3. The van der Waals surface area contributed by atoms with Crippen LogP contribution in [0.1, 0.15) is 24.0 Å². The van der Waals surface area contributed by atoms with Crippen molar-refractivity contribution in [2.24, 2.45) is 11.7 Å². The van der Waals surface area contributed by atoms with Gasteiger partial charge in [-0.25, -0.2) is 0 Å². The Kier molecular flexibility index (Phi) is 3.34. The topological polar surface area (TPSA) is 48.1 Å². The van der Waals surface area contributed by atoms with Crippen molar-refractivity contribution >= 4 is 0 Å². The average Bonchev–Trinajstić information content (AvgIpc) is 2.16. The lowest BCUT2D eigenvalue weighted by Crippen LogP contribution is -2.35. The SMILES string of the molecule is Cc1cncc(COC2CC(CN)C2)c1. The van der Waals surface area contributed by atoms with E-state index < -0.39 is 0 Å². The monoisotopic (exact) mass is 206 g/mol. The zero-order valence-electron chi connectivity index (χ0n) is 9.15. The van der Waals surface area contributed by atoms with Crippen molar-refractivity contribution in [3.05, 3.63) is 29.6 Å². The van der Waals surface area contributed by atoms with Gasteiger partial charge in [0.25, 0.3) is 0 Å². The average molecular weight is 206 g/mol. The molecule has 0 amide bonds. The number of ether oxygens (including phenoxy) is 1. The minimum atomic E-state index is 0.416. The molecule has 0 saturated heterocycles. The molecule has 1 aromatic heterocycles.